The first-order valence-electron chi connectivity index (χ1n) is 8.93. The third-order valence-electron chi connectivity index (χ3n) is 5.28. The minimum atomic E-state index is 0.630. The van der Waals surface area contributed by atoms with Crippen LogP contribution in [0.25, 0.3) is 0 Å². The number of rotatable bonds is 10. The number of nitrogens with one attached hydrogen (secondary N) is 1. The molecule has 1 aliphatic rings. The van der Waals surface area contributed by atoms with Crippen molar-refractivity contribution in [3.63, 3.8) is 0 Å². The van der Waals surface area contributed by atoms with E-state index in [0.29, 0.717) is 5.41 Å². The quantitative estimate of drug-likeness (QED) is 0.512. The van der Waals surface area contributed by atoms with Crippen molar-refractivity contribution in [2.24, 2.45) is 11.3 Å². The molecule has 1 nitrogen and oxygen atoms in total. The molecule has 1 atom stereocenters. The van der Waals surface area contributed by atoms with Crippen LogP contribution in [0.4, 0.5) is 0 Å². The summed E-state index contributed by atoms with van der Waals surface area (Å²) in [7, 11) is 0. The van der Waals surface area contributed by atoms with E-state index in [-0.39, 0.29) is 0 Å². The Labute approximate surface area is 121 Å². The van der Waals surface area contributed by atoms with Crippen LogP contribution < -0.4 is 5.32 Å². The van der Waals surface area contributed by atoms with Crippen molar-refractivity contribution in [1.29, 1.82) is 0 Å². The van der Waals surface area contributed by atoms with Crippen molar-refractivity contribution in [3.05, 3.63) is 0 Å². The first-order chi connectivity index (χ1) is 9.23. The highest BCUT2D eigenvalue weighted by molar-refractivity contribution is 4.85. The molecule has 1 heterocycles. The Morgan fingerprint density at radius 1 is 0.842 bits per heavy atom. The average Bonchev–Trinajstić information content (AvgIpc) is 2.45. The molecule has 1 saturated heterocycles. The normalized spacial score (nSPS) is 20.4. The van der Waals surface area contributed by atoms with Crippen molar-refractivity contribution in [1.82, 2.24) is 5.32 Å². The topological polar surface area (TPSA) is 12.0 Å². The zero-order valence-electron chi connectivity index (χ0n) is 13.8. The van der Waals surface area contributed by atoms with Crippen molar-refractivity contribution in [2.75, 3.05) is 13.1 Å². The second-order valence-electron chi connectivity index (χ2n) is 6.95. The maximum Gasteiger partial charge on any atom is -0.00461 e. The summed E-state index contributed by atoms with van der Waals surface area (Å²) in [5, 5.41) is 3.53. The summed E-state index contributed by atoms with van der Waals surface area (Å²) in [5.41, 5.74) is 0.630. The predicted octanol–water partition coefficient (Wildman–Crippen LogP) is 5.54. The van der Waals surface area contributed by atoms with Gasteiger partial charge in [0.1, 0.15) is 0 Å². The van der Waals surface area contributed by atoms with Gasteiger partial charge in [-0.1, -0.05) is 65.7 Å². The highest BCUT2D eigenvalue weighted by atomic mass is 14.9. The van der Waals surface area contributed by atoms with Gasteiger partial charge in [0.25, 0.3) is 0 Å². The Balaban J connectivity index is 2.44. The molecule has 1 N–H and O–H groups in total. The molecule has 0 bridgehead atoms. The van der Waals surface area contributed by atoms with Gasteiger partial charge in [-0.25, -0.2) is 0 Å². The van der Waals surface area contributed by atoms with Gasteiger partial charge in [-0.2, -0.15) is 0 Å². The van der Waals surface area contributed by atoms with Gasteiger partial charge in [0.05, 0.1) is 0 Å². The first-order valence-corrected chi connectivity index (χ1v) is 8.93. The summed E-state index contributed by atoms with van der Waals surface area (Å²) in [6.07, 6.45) is 15.7. The monoisotopic (exact) mass is 267 g/mol. The minimum Gasteiger partial charge on any atom is -0.317 e. The second kappa shape index (κ2) is 9.80. The third kappa shape index (κ3) is 6.29. The Morgan fingerprint density at radius 3 is 1.95 bits per heavy atom. The highest BCUT2D eigenvalue weighted by Gasteiger charge is 2.33. The van der Waals surface area contributed by atoms with E-state index < -0.39 is 0 Å². The maximum atomic E-state index is 3.53. The summed E-state index contributed by atoms with van der Waals surface area (Å²) < 4.78 is 0. The molecule has 1 unspecified atom stereocenters. The van der Waals surface area contributed by atoms with Crippen molar-refractivity contribution < 1.29 is 0 Å². The van der Waals surface area contributed by atoms with Crippen molar-refractivity contribution >= 4 is 0 Å². The van der Waals surface area contributed by atoms with Crippen molar-refractivity contribution in [2.45, 2.75) is 91.4 Å². The fourth-order valence-electron chi connectivity index (χ4n) is 3.79. The van der Waals surface area contributed by atoms with E-state index in [1.807, 2.05) is 0 Å². The molecule has 19 heavy (non-hydrogen) atoms. The van der Waals surface area contributed by atoms with Crippen LogP contribution >= 0.6 is 0 Å². The van der Waals surface area contributed by atoms with Gasteiger partial charge in [0.2, 0.25) is 0 Å². The van der Waals surface area contributed by atoms with E-state index in [0.717, 1.165) is 5.92 Å². The van der Waals surface area contributed by atoms with Gasteiger partial charge in [-0.05, 0) is 50.1 Å². The summed E-state index contributed by atoms with van der Waals surface area (Å²) in [6.45, 7) is 9.74. The smallest absolute Gasteiger partial charge is 0.00461 e. The van der Waals surface area contributed by atoms with Crippen LogP contribution in [0.1, 0.15) is 91.4 Å². The summed E-state index contributed by atoms with van der Waals surface area (Å²) in [4.78, 5) is 0. The van der Waals surface area contributed by atoms with Crippen LogP contribution in [0.2, 0.25) is 0 Å². The zero-order valence-corrected chi connectivity index (χ0v) is 13.8. The molecule has 0 spiro atoms. The minimum absolute atomic E-state index is 0.630. The van der Waals surface area contributed by atoms with E-state index in [1.165, 1.54) is 83.7 Å². The summed E-state index contributed by atoms with van der Waals surface area (Å²) in [6, 6.07) is 0. The molecule has 1 rings (SSSR count). The van der Waals surface area contributed by atoms with Gasteiger partial charge in [0, 0.05) is 0 Å². The van der Waals surface area contributed by atoms with Gasteiger partial charge in [-0.15, -0.1) is 0 Å². The van der Waals surface area contributed by atoms with Gasteiger partial charge in [0.15, 0.2) is 0 Å². The molecule has 0 amide bonds. The van der Waals surface area contributed by atoms with E-state index in [1.54, 1.807) is 0 Å². The molecule has 0 aromatic heterocycles. The molecule has 1 aliphatic heterocycles. The number of hydrogen-bond donors (Lipinski definition) is 1. The zero-order chi connectivity index (χ0) is 14.0. The van der Waals surface area contributed by atoms with E-state index in [9.17, 15) is 0 Å². The summed E-state index contributed by atoms with van der Waals surface area (Å²) in [5.74, 6) is 0.979. The lowest BCUT2D eigenvalue weighted by atomic mass is 9.67. The maximum absolute atomic E-state index is 3.53. The number of unbranched alkanes of at least 4 members (excludes halogenated alkanes) is 5. The molecule has 1 fully saturated rings. The molecule has 0 aromatic carbocycles. The average molecular weight is 268 g/mol. The fraction of sp³-hybridized carbons (Fsp3) is 1.00. The molecule has 0 radical (unpaired) electrons. The van der Waals surface area contributed by atoms with Gasteiger partial charge in [-0.3, -0.25) is 0 Å². The number of hydrogen-bond acceptors (Lipinski definition) is 1. The van der Waals surface area contributed by atoms with Crippen LogP contribution in [-0.4, -0.2) is 13.1 Å². The third-order valence-corrected chi connectivity index (χ3v) is 5.28. The predicted molar refractivity (Wildman–Crippen MR) is 86.6 cm³/mol. The van der Waals surface area contributed by atoms with Crippen LogP contribution in [0, 0.1) is 11.3 Å². The highest BCUT2D eigenvalue weighted by Crippen LogP contribution is 2.42. The lowest BCUT2D eigenvalue weighted by Crippen LogP contribution is -2.37. The molecule has 0 aromatic rings. The van der Waals surface area contributed by atoms with E-state index in [4.69, 9.17) is 0 Å². The molecular formula is C18H37N. The standard InChI is InChI=1S/C18H37N/c1-4-6-8-10-14-18(3,13-9-7-5-2)17-11-15-19-16-12-17/h17,19H,4-16H2,1-3H3. The molecule has 1 heteroatoms. The van der Waals surface area contributed by atoms with Crippen LogP contribution in [0.15, 0.2) is 0 Å². The van der Waals surface area contributed by atoms with Crippen LogP contribution in [0.3, 0.4) is 0 Å². The van der Waals surface area contributed by atoms with Gasteiger partial charge >= 0.3 is 0 Å². The lowest BCUT2D eigenvalue weighted by molar-refractivity contribution is 0.111. The van der Waals surface area contributed by atoms with Crippen LogP contribution in [-0.2, 0) is 0 Å². The molecular weight excluding hydrogens is 230 g/mol. The molecule has 114 valence electrons. The van der Waals surface area contributed by atoms with E-state index in [2.05, 4.69) is 26.1 Å². The first kappa shape index (κ1) is 17.0. The Morgan fingerprint density at radius 2 is 1.37 bits per heavy atom. The summed E-state index contributed by atoms with van der Waals surface area (Å²) >= 11 is 0. The Kier molecular flexibility index (Phi) is 8.77. The van der Waals surface area contributed by atoms with E-state index >= 15 is 0 Å². The number of piperidine rings is 1. The Hall–Kier alpha value is -0.0400. The molecule has 0 saturated carbocycles. The van der Waals surface area contributed by atoms with Gasteiger partial charge < -0.3 is 5.32 Å². The second-order valence-corrected chi connectivity index (χ2v) is 6.95. The SMILES string of the molecule is CCCCCCC(C)(CCCCC)C1CCNCC1. The van der Waals surface area contributed by atoms with Crippen molar-refractivity contribution in [3.8, 4) is 0 Å². The lowest BCUT2D eigenvalue weighted by Gasteiger charge is -2.41. The fourth-order valence-corrected chi connectivity index (χ4v) is 3.79. The molecule has 0 aliphatic carbocycles. The van der Waals surface area contributed by atoms with Crippen LogP contribution in [0.5, 0.6) is 0 Å². The Bertz CT molecular complexity index is 208. The largest absolute Gasteiger partial charge is 0.317 e.